The summed E-state index contributed by atoms with van der Waals surface area (Å²) < 4.78 is 5.50. The first-order valence-electron chi connectivity index (χ1n) is 5.99. The van der Waals surface area contributed by atoms with Crippen LogP contribution in [0, 0.1) is 0 Å². The minimum absolute atomic E-state index is 0.156. The molecule has 2 rings (SSSR count). The Morgan fingerprint density at radius 3 is 2.74 bits per heavy atom. The predicted octanol–water partition coefficient (Wildman–Crippen LogP) is 1.91. The lowest BCUT2D eigenvalue weighted by Gasteiger charge is -2.10. The summed E-state index contributed by atoms with van der Waals surface area (Å²) in [4.78, 5) is 16.6. The second kappa shape index (κ2) is 6.21. The highest BCUT2D eigenvalue weighted by Gasteiger charge is 2.23. The molecule has 0 saturated carbocycles. The number of hydroxylamine groups is 1. The summed E-state index contributed by atoms with van der Waals surface area (Å²) >= 11 is 0. The summed E-state index contributed by atoms with van der Waals surface area (Å²) in [7, 11) is 0. The normalized spacial score (nSPS) is 12.3. The van der Waals surface area contributed by atoms with Crippen LogP contribution in [0.5, 0.6) is 0 Å². The smallest absolute Gasteiger partial charge is 0.247 e. The van der Waals surface area contributed by atoms with E-state index in [9.17, 15) is 4.79 Å². The second-order valence-electron chi connectivity index (χ2n) is 3.91. The fourth-order valence-corrected chi connectivity index (χ4v) is 1.52. The lowest BCUT2D eigenvalue weighted by molar-refractivity contribution is -0.124. The van der Waals surface area contributed by atoms with Gasteiger partial charge in [-0.1, -0.05) is 18.2 Å². The molecule has 6 nitrogen and oxygen atoms in total. The van der Waals surface area contributed by atoms with Gasteiger partial charge in [0.15, 0.2) is 11.8 Å². The Hall–Kier alpha value is -2.05. The Balaban J connectivity index is 2.21. The van der Waals surface area contributed by atoms with Crippen molar-refractivity contribution in [2.45, 2.75) is 19.9 Å². The monoisotopic (exact) mass is 261 g/mol. The number of benzene rings is 1. The molecule has 1 heterocycles. The van der Waals surface area contributed by atoms with Gasteiger partial charge in [-0.25, -0.2) is 0 Å². The van der Waals surface area contributed by atoms with Crippen molar-refractivity contribution in [1.82, 2.24) is 15.7 Å². The summed E-state index contributed by atoms with van der Waals surface area (Å²) in [5.74, 6) is 0.414. The van der Waals surface area contributed by atoms with Crippen molar-refractivity contribution in [3.8, 4) is 11.5 Å². The SMILES string of the molecule is CCONC(C(C)=O)c1nnc(-c2ccccc2)o1. The average Bonchev–Trinajstić information content (AvgIpc) is 2.89. The first-order valence-corrected chi connectivity index (χ1v) is 5.99. The van der Waals surface area contributed by atoms with Gasteiger partial charge in [0.05, 0.1) is 6.61 Å². The number of nitrogens with one attached hydrogen (secondary N) is 1. The third kappa shape index (κ3) is 3.24. The van der Waals surface area contributed by atoms with Crippen LogP contribution in [0.25, 0.3) is 11.5 Å². The lowest BCUT2D eigenvalue weighted by atomic mass is 10.2. The minimum Gasteiger partial charge on any atom is -0.418 e. The molecule has 1 atom stereocenters. The highest BCUT2D eigenvalue weighted by atomic mass is 16.6. The minimum atomic E-state index is -0.745. The van der Waals surface area contributed by atoms with Gasteiger partial charge in [0, 0.05) is 5.56 Å². The Labute approximate surface area is 110 Å². The van der Waals surface area contributed by atoms with Crippen LogP contribution in [-0.2, 0) is 9.63 Å². The number of rotatable bonds is 6. The van der Waals surface area contributed by atoms with Gasteiger partial charge in [0.2, 0.25) is 11.8 Å². The van der Waals surface area contributed by atoms with Crippen molar-refractivity contribution in [2.75, 3.05) is 6.61 Å². The van der Waals surface area contributed by atoms with E-state index in [0.29, 0.717) is 12.5 Å². The second-order valence-corrected chi connectivity index (χ2v) is 3.91. The van der Waals surface area contributed by atoms with E-state index >= 15 is 0 Å². The molecule has 1 aromatic heterocycles. The van der Waals surface area contributed by atoms with Gasteiger partial charge in [0.25, 0.3) is 0 Å². The molecular formula is C13H15N3O3. The molecule has 0 amide bonds. The van der Waals surface area contributed by atoms with E-state index in [1.807, 2.05) is 37.3 Å². The van der Waals surface area contributed by atoms with E-state index in [4.69, 9.17) is 9.25 Å². The highest BCUT2D eigenvalue weighted by molar-refractivity contribution is 5.81. The molecule has 0 aliphatic heterocycles. The zero-order chi connectivity index (χ0) is 13.7. The molecule has 100 valence electrons. The maximum atomic E-state index is 11.5. The summed E-state index contributed by atoms with van der Waals surface area (Å²) in [5.41, 5.74) is 3.41. The average molecular weight is 261 g/mol. The molecule has 1 aromatic carbocycles. The van der Waals surface area contributed by atoms with Gasteiger partial charge in [-0.2, -0.15) is 5.48 Å². The zero-order valence-electron chi connectivity index (χ0n) is 10.8. The lowest BCUT2D eigenvalue weighted by Crippen LogP contribution is -2.27. The number of Topliss-reactive ketones (excluding diaryl/α,β-unsaturated/α-hetero) is 1. The van der Waals surface area contributed by atoms with E-state index in [2.05, 4.69) is 15.7 Å². The standard InChI is InChI=1S/C13H15N3O3/c1-3-18-16-11(9(2)17)13-15-14-12(19-13)10-7-5-4-6-8-10/h4-8,11,16H,3H2,1-2H3. The number of carbonyl (C=O) groups excluding carboxylic acids is 1. The molecule has 0 spiro atoms. The molecule has 0 aliphatic rings. The Morgan fingerprint density at radius 1 is 1.37 bits per heavy atom. The van der Waals surface area contributed by atoms with Crippen LogP contribution >= 0.6 is 0 Å². The van der Waals surface area contributed by atoms with E-state index in [0.717, 1.165) is 5.56 Å². The number of aromatic nitrogens is 2. The Bertz CT molecular complexity index is 539. The van der Waals surface area contributed by atoms with Crippen LogP contribution in [0.2, 0.25) is 0 Å². The van der Waals surface area contributed by atoms with E-state index < -0.39 is 6.04 Å². The summed E-state index contributed by atoms with van der Waals surface area (Å²) in [5, 5.41) is 7.82. The third-order valence-corrected chi connectivity index (χ3v) is 2.46. The quantitative estimate of drug-likeness (QED) is 0.800. The molecule has 19 heavy (non-hydrogen) atoms. The number of hydrogen-bond acceptors (Lipinski definition) is 6. The maximum Gasteiger partial charge on any atom is 0.247 e. The fourth-order valence-electron chi connectivity index (χ4n) is 1.52. The molecule has 0 radical (unpaired) electrons. The van der Waals surface area contributed by atoms with E-state index in [1.165, 1.54) is 6.92 Å². The Kier molecular flexibility index (Phi) is 4.38. The van der Waals surface area contributed by atoms with Crippen LogP contribution in [0.1, 0.15) is 25.8 Å². The molecule has 0 saturated heterocycles. The van der Waals surface area contributed by atoms with Crippen molar-refractivity contribution < 1.29 is 14.0 Å². The van der Waals surface area contributed by atoms with Gasteiger partial charge >= 0.3 is 0 Å². The van der Waals surface area contributed by atoms with E-state index in [1.54, 1.807) is 0 Å². The number of carbonyl (C=O) groups is 1. The van der Waals surface area contributed by atoms with Crippen molar-refractivity contribution in [2.24, 2.45) is 0 Å². The molecule has 0 fully saturated rings. The van der Waals surface area contributed by atoms with Crippen LogP contribution < -0.4 is 5.48 Å². The first-order chi connectivity index (χ1) is 9.22. The van der Waals surface area contributed by atoms with Crippen LogP contribution in [0.4, 0.5) is 0 Å². The third-order valence-electron chi connectivity index (χ3n) is 2.46. The van der Waals surface area contributed by atoms with Crippen LogP contribution in [-0.4, -0.2) is 22.6 Å². The van der Waals surface area contributed by atoms with Crippen molar-refractivity contribution in [1.29, 1.82) is 0 Å². The van der Waals surface area contributed by atoms with Gasteiger partial charge in [-0.15, -0.1) is 10.2 Å². The van der Waals surface area contributed by atoms with E-state index in [-0.39, 0.29) is 11.7 Å². The summed E-state index contributed by atoms with van der Waals surface area (Å²) in [6, 6.07) is 8.62. The largest absolute Gasteiger partial charge is 0.418 e. The summed E-state index contributed by atoms with van der Waals surface area (Å²) in [6.45, 7) is 3.68. The number of ketones is 1. The molecule has 0 aliphatic carbocycles. The molecular weight excluding hydrogens is 246 g/mol. The topological polar surface area (TPSA) is 77.2 Å². The summed E-state index contributed by atoms with van der Waals surface area (Å²) in [6.07, 6.45) is 0. The van der Waals surface area contributed by atoms with Crippen LogP contribution in [0.3, 0.4) is 0 Å². The predicted molar refractivity (Wildman–Crippen MR) is 67.9 cm³/mol. The van der Waals surface area contributed by atoms with Crippen LogP contribution in [0.15, 0.2) is 34.7 Å². The molecule has 6 heteroatoms. The molecule has 1 unspecified atom stereocenters. The van der Waals surface area contributed by atoms with Gasteiger partial charge < -0.3 is 9.25 Å². The fraction of sp³-hybridized carbons (Fsp3) is 0.308. The molecule has 1 N–H and O–H groups in total. The highest BCUT2D eigenvalue weighted by Crippen LogP contribution is 2.20. The van der Waals surface area contributed by atoms with Crippen molar-refractivity contribution in [3.63, 3.8) is 0 Å². The number of nitrogens with zero attached hydrogens (tertiary/aromatic N) is 2. The first kappa shape index (κ1) is 13.4. The number of hydrogen-bond donors (Lipinski definition) is 1. The van der Waals surface area contributed by atoms with Crippen molar-refractivity contribution >= 4 is 5.78 Å². The van der Waals surface area contributed by atoms with Gasteiger partial charge in [0.1, 0.15) is 0 Å². The van der Waals surface area contributed by atoms with Gasteiger partial charge in [-0.3, -0.25) is 4.79 Å². The molecule has 0 bridgehead atoms. The van der Waals surface area contributed by atoms with Gasteiger partial charge in [-0.05, 0) is 26.0 Å². The maximum absolute atomic E-state index is 11.5. The Morgan fingerprint density at radius 2 is 2.11 bits per heavy atom. The molecule has 2 aromatic rings. The van der Waals surface area contributed by atoms with Crippen molar-refractivity contribution in [3.05, 3.63) is 36.2 Å². The zero-order valence-corrected chi connectivity index (χ0v) is 10.8.